The molecule has 120 valence electrons. The molecule has 0 heterocycles. The summed E-state index contributed by atoms with van der Waals surface area (Å²) in [6, 6.07) is 11.3. The van der Waals surface area contributed by atoms with Crippen LogP contribution in [0.5, 0.6) is 0 Å². The summed E-state index contributed by atoms with van der Waals surface area (Å²) < 4.78 is 24.8. The fourth-order valence-corrected chi connectivity index (χ4v) is 2.93. The molecule has 2 rings (SSSR count). The summed E-state index contributed by atoms with van der Waals surface area (Å²) >= 11 is 0. The van der Waals surface area contributed by atoms with Crippen LogP contribution in [0.15, 0.2) is 48.5 Å². The zero-order valence-electron chi connectivity index (χ0n) is 12.0. The van der Waals surface area contributed by atoms with Crippen molar-refractivity contribution in [2.45, 2.75) is 5.75 Å². The van der Waals surface area contributed by atoms with E-state index >= 15 is 0 Å². The minimum atomic E-state index is -1.48. The molecule has 0 bridgehead atoms. The number of halogens is 1. The summed E-state index contributed by atoms with van der Waals surface area (Å²) in [4.78, 5) is 22.7. The molecule has 5 nitrogen and oxygen atoms in total. The van der Waals surface area contributed by atoms with E-state index in [0.29, 0.717) is 11.3 Å². The number of carboxylic acids is 1. The molecule has 7 heteroatoms. The first kappa shape index (κ1) is 16.8. The number of hydrogen-bond donors (Lipinski definition) is 2. The zero-order chi connectivity index (χ0) is 16.8. The first-order valence-electron chi connectivity index (χ1n) is 6.66. The average molecular weight is 335 g/mol. The highest BCUT2D eigenvalue weighted by Crippen LogP contribution is 2.10. The smallest absolute Gasteiger partial charge is 0.335 e. The van der Waals surface area contributed by atoms with Crippen LogP contribution in [0.2, 0.25) is 0 Å². The number of amides is 1. The lowest BCUT2D eigenvalue weighted by Crippen LogP contribution is -2.20. The maximum Gasteiger partial charge on any atom is 0.335 e. The van der Waals surface area contributed by atoms with Crippen LogP contribution in [0.4, 0.5) is 10.1 Å². The molecule has 0 fully saturated rings. The van der Waals surface area contributed by atoms with Crippen molar-refractivity contribution in [3.05, 3.63) is 65.5 Å². The van der Waals surface area contributed by atoms with Gasteiger partial charge in [-0.05, 0) is 42.0 Å². The normalized spacial score (nSPS) is 11.7. The lowest BCUT2D eigenvalue weighted by molar-refractivity contribution is -0.113. The van der Waals surface area contributed by atoms with Crippen molar-refractivity contribution in [1.29, 1.82) is 0 Å². The fraction of sp³-hybridized carbons (Fsp3) is 0.125. The molecule has 0 spiro atoms. The topological polar surface area (TPSA) is 83.5 Å². The molecule has 0 saturated carbocycles. The van der Waals surface area contributed by atoms with Gasteiger partial charge < -0.3 is 10.4 Å². The Kier molecular flexibility index (Phi) is 5.59. The second kappa shape index (κ2) is 7.64. The number of carbonyl (C=O) groups is 2. The molecule has 2 aromatic rings. The Hall–Kier alpha value is -2.54. The Morgan fingerprint density at radius 1 is 1.13 bits per heavy atom. The van der Waals surface area contributed by atoms with E-state index < -0.39 is 28.5 Å². The van der Waals surface area contributed by atoms with Crippen LogP contribution < -0.4 is 5.32 Å². The molecule has 0 aliphatic heterocycles. The standard InChI is InChI=1S/C16H14FNO4S/c17-13-4-6-14(7-5-13)18-15(19)10-23(22)9-11-2-1-3-12(8-11)16(20)21/h1-8H,9-10H2,(H,18,19)(H,20,21). The van der Waals surface area contributed by atoms with Gasteiger partial charge in [0, 0.05) is 22.2 Å². The number of carboxylic acid groups (broad SMARTS) is 1. The van der Waals surface area contributed by atoms with Gasteiger partial charge in [-0.15, -0.1) is 0 Å². The largest absolute Gasteiger partial charge is 0.478 e. The molecule has 0 aliphatic carbocycles. The predicted octanol–water partition coefficient (Wildman–Crippen LogP) is 2.41. The third-order valence-corrected chi connectivity index (χ3v) is 4.16. The van der Waals surface area contributed by atoms with E-state index in [0.717, 1.165) is 0 Å². The Labute approximate surface area is 134 Å². The molecule has 2 aromatic carbocycles. The SMILES string of the molecule is O=C(CS(=O)Cc1cccc(C(=O)O)c1)Nc1ccc(F)cc1. The number of anilines is 1. The molecule has 1 atom stereocenters. The Morgan fingerprint density at radius 2 is 1.83 bits per heavy atom. The molecule has 0 radical (unpaired) electrons. The summed E-state index contributed by atoms with van der Waals surface area (Å²) in [7, 11) is -1.48. The van der Waals surface area contributed by atoms with E-state index in [4.69, 9.17) is 5.11 Å². The van der Waals surface area contributed by atoms with E-state index in [9.17, 15) is 18.2 Å². The lowest BCUT2D eigenvalue weighted by atomic mass is 10.1. The molecule has 1 amide bonds. The monoisotopic (exact) mass is 335 g/mol. The number of nitrogens with one attached hydrogen (secondary N) is 1. The number of rotatable bonds is 6. The van der Waals surface area contributed by atoms with Gasteiger partial charge in [-0.25, -0.2) is 9.18 Å². The molecular formula is C16H14FNO4S. The number of carbonyl (C=O) groups excluding carboxylic acids is 1. The van der Waals surface area contributed by atoms with Crippen molar-refractivity contribution in [2.75, 3.05) is 11.1 Å². The summed E-state index contributed by atoms with van der Waals surface area (Å²) in [6.45, 7) is 0. The highest BCUT2D eigenvalue weighted by atomic mass is 32.2. The molecule has 0 aliphatic rings. The van der Waals surface area contributed by atoms with Crippen LogP contribution in [-0.4, -0.2) is 26.9 Å². The number of hydrogen-bond acceptors (Lipinski definition) is 3. The van der Waals surface area contributed by atoms with Crippen molar-refractivity contribution in [1.82, 2.24) is 0 Å². The Morgan fingerprint density at radius 3 is 2.48 bits per heavy atom. The van der Waals surface area contributed by atoms with Gasteiger partial charge in [0.1, 0.15) is 11.6 Å². The summed E-state index contributed by atoms with van der Waals surface area (Å²) in [5.41, 5.74) is 1.11. The quantitative estimate of drug-likeness (QED) is 0.849. The third-order valence-electron chi connectivity index (χ3n) is 2.92. The van der Waals surface area contributed by atoms with Crippen molar-refractivity contribution in [3.8, 4) is 0 Å². The van der Waals surface area contributed by atoms with Gasteiger partial charge >= 0.3 is 5.97 Å². The van der Waals surface area contributed by atoms with E-state index in [2.05, 4.69) is 5.32 Å². The molecule has 0 aromatic heterocycles. The van der Waals surface area contributed by atoms with Gasteiger partial charge in [0.15, 0.2) is 0 Å². The van der Waals surface area contributed by atoms with Crippen LogP contribution >= 0.6 is 0 Å². The number of benzene rings is 2. The van der Waals surface area contributed by atoms with Gasteiger partial charge in [-0.3, -0.25) is 9.00 Å². The highest BCUT2D eigenvalue weighted by molar-refractivity contribution is 7.84. The van der Waals surface area contributed by atoms with Gasteiger partial charge in [0.05, 0.1) is 5.56 Å². The van der Waals surface area contributed by atoms with Gasteiger partial charge in [0.2, 0.25) is 5.91 Å². The van der Waals surface area contributed by atoms with E-state index in [1.807, 2.05) is 0 Å². The van der Waals surface area contributed by atoms with Crippen LogP contribution in [0.25, 0.3) is 0 Å². The third kappa shape index (κ3) is 5.30. The van der Waals surface area contributed by atoms with Crippen LogP contribution in [-0.2, 0) is 21.3 Å². The highest BCUT2D eigenvalue weighted by Gasteiger charge is 2.11. The minimum absolute atomic E-state index is 0.0813. The van der Waals surface area contributed by atoms with Crippen molar-refractivity contribution < 1.29 is 23.3 Å². The van der Waals surface area contributed by atoms with E-state index in [1.54, 1.807) is 12.1 Å². The molecule has 23 heavy (non-hydrogen) atoms. The van der Waals surface area contributed by atoms with Crippen molar-refractivity contribution in [3.63, 3.8) is 0 Å². The second-order valence-electron chi connectivity index (χ2n) is 4.79. The van der Waals surface area contributed by atoms with E-state index in [-0.39, 0.29) is 17.1 Å². The minimum Gasteiger partial charge on any atom is -0.478 e. The maximum absolute atomic E-state index is 12.8. The molecule has 2 N–H and O–H groups in total. The fourth-order valence-electron chi connectivity index (χ4n) is 1.91. The summed E-state index contributed by atoms with van der Waals surface area (Å²) in [6.07, 6.45) is 0. The first-order valence-corrected chi connectivity index (χ1v) is 8.15. The number of aromatic carboxylic acids is 1. The first-order chi connectivity index (χ1) is 10.9. The Bertz CT molecular complexity index is 746. The van der Waals surface area contributed by atoms with Crippen LogP contribution in [0, 0.1) is 5.82 Å². The Balaban J connectivity index is 1.91. The molecule has 1 unspecified atom stereocenters. The second-order valence-corrected chi connectivity index (χ2v) is 6.25. The molecule has 0 saturated heterocycles. The van der Waals surface area contributed by atoms with Crippen molar-refractivity contribution >= 4 is 28.4 Å². The van der Waals surface area contributed by atoms with Gasteiger partial charge in [0.25, 0.3) is 0 Å². The molecular weight excluding hydrogens is 321 g/mol. The lowest BCUT2D eigenvalue weighted by Gasteiger charge is -2.06. The maximum atomic E-state index is 12.8. The van der Waals surface area contributed by atoms with Crippen LogP contribution in [0.1, 0.15) is 15.9 Å². The summed E-state index contributed by atoms with van der Waals surface area (Å²) in [5.74, 6) is -2.08. The van der Waals surface area contributed by atoms with Crippen LogP contribution in [0.3, 0.4) is 0 Å². The van der Waals surface area contributed by atoms with Gasteiger partial charge in [-0.1, -0.05) is 12.1 Å². The van der Waals surface area contributed by atoms with Gasteiger partial charge in [-0.2, -0.15) is 0 Å². The summed E-state index contributed by atoms with van der Waals surface area (Å²) in [5, 5.41) is 11.4. The van der Waals surface area contributed by atoms with E-state index in [1.165, 1.54) is 36.4 Å². The van der Waals surface area contributed by atoms with Crippen molar-refractivity contribution in [2.24, 2.45) is 0 Å². The zero-order valence-corrected chi connectivity index (χ0v) is 12.8. The average Bonchev–Trinajstić information content (AvgIpc) is 2.49. The predicted molar refractivity (Wildman–Crippen MR) is 85.1 cm³/mol.